The molecule has 3 aromatic rings. The predicted molar refractivity (Wildman–Crippen MR) is 101 cm³/mol. The highest BCUT2D eigenvalue weighted by Crippen LogP contribution is 2.36. The molecule has 0 amide bonds. The third-order valence-corrected chi connectivity index (χ3v) is 4.55. The molecule has 0 aliphatic carbocycles. The summed E-state index contributed by atoms with van der Waals surface area (Å²) >= 11 is 5.01. The Hall–Kier alpha value is -1.57. The summed E-state index contributed by atoms with van der Waals surface area (Å²) in [5.41, 5.74) is 2.99. The van der Waals surface area contributed by atoms with Crippen LogP contribution in [0.3, 0.4) is 0 Å². The van der Waals surface area contributed by atoms with Gasteiger partial charge in [0.15, 0.2) is 16.6 Å². The minimum absolute atomic E-state index is 0. The molecule has 1 aliphatic heterocycles. The maximum absolute atomic E-state index is 5.38. The molecule has 0 radical (unpaired) electrons. The Bertz CT molecular complexity index is 821. The molecule has 1 aliphatic rings. The number of aromatic nitrogens is 1. The first-order chi connectivity index (χ1) is 10.8. The van der Waals surface area contributed by atoms with E-state index in [-0.39, 0.29) is 23.8 Å². The zero-order valence-corrected chi connectivity index (χ0v) is 15.9. The molecule has 0 fully saturated rings. The van der Waals surface area contributed by atoms with Crippen LogP contribution in [-0.2, 0) is 0 Å². The standard InChI is InChI=1S/C16H11BrN2O2S.BrH/c17-11-3-1-10(2-4-11)13-8-22-16(19-13)18-12-5-6-14-15(7-12)21-9-20-14;/h1-8H,9H2,(H,18,19);1H. The van der Waals surface area contributed by atoms with E-state index in [0.717, 1.165) is 38.0 Å². The molecule has 0 atom stereocenters. The van der Waals surface area contributed by atoms with Crippen LogP contribution in [0.4, 0.5) is 10.8 Å². The van der Waals surface area contributed by atoms with Crippen LogP contribution in [0.15, 0.2) is 52.3 Å². The number of nitrogens with zero attached hydrogens (tertiary/aromatic N) is 1. The molecule has 1 aromatic heterocycles. The van der Waals surface area contributed by atoms with Crippen LogP contribution in [0, 0.1) is 0 Å². The second kappa shape index (κ2) is 6.90. The molecule has 0 saturated carbocycles. The van der Waals surface area contributed by atoms with Crippen molar-refractivity contribution in [3.05, 3.63) is 52.3 Å². The van der Waals surface area contributed by atoms with Gasteiger partial charge in [-0.15, -0.1) is 28.3 Å². The Balaban J connectivity index is 0.00000156. The van der Waals surface area contributed by atoms with Gasteiger partial charge in [0.2, 0.25) is 6.79 Å². The Morgan fingerprint density at radius 3 is 2.65 bits per heavy atom. The fourth-order valence-electron chi connectivity index (χ4n) is 2.18. The van der Waals surface area contributed by atoms with Crippen molar-refractivity contribution in [1.82, 2.24) is 4.98 Å². The first-order valence-electron chi connectivity index (χ1n) is 6.66. The fraction of sp³-hybridized carbons (Fsp3) is 0.0625. The summed E-state index contributed by atoms with van der Waals surface area (Å²) < 4.78 is 11.7. The van der Waals surface area contributed by atoms with Crippen LogP contribution in [0.1, 0.15) is 0 Å². The number of thiazole rings is 1. The van der Waals surface area contributed by atoms with Crippen LogP contribution >= 0.6 is 44.2 Å². The van der Waals surface area contributed by atoms with E-state index in [1.807, 2.05) is 47.8 Å². The van der Waals surface area contributed by atoms with Crippen molar-refractivity contribution >= 4 is 55.1 Å². The zero-order chi connectivity index (χ0) is 14.9. The first kappa shape index (κ1) is 16.3. The SMILES string of the molecule is Br.Brc1ccc(-c2csc(Nc3ccc4c(c3)OCO4)n2)cc1. The smallest absolute Gasteiger partial charge is 0.231 e. The van der Waals surface area contributed by atoms with Gasteiger partial charge in [-0.05, 0) is 24.3 Å². The Kier molecular flexibility index (Phi) is 4.89. The average Bonchev–Trinajstić information content (AvgIpc) is 3.17. The largest absolute Gasteiger partial charge is 0.454 e. The van der Waals surface area contributed by atoms with E-state index >= 15 is 0 Å². The number of fused-ring (bicyclic) bond motifs is 1. The topological polar surface area (TPSA) is 43.4 Å². The normalized spacial score (nSPS) is 11.9. The van der Waals surface area contributed by atoms with Gasteiger partial charge in [-0.25, -0.2) is 4.98 Å². The van der Waals surface area contributed by atoms with Crippen LogP contribution in [0.2, 0.25) is 0 Å². The van der Waals surface area contributed by atoms with Gasteiger partial charge in [0.1, 0.15) is 0 Å². The Labute approximate surface area is 156 Å². The van der Waals surface area contributed by atoms with E-state index in [2.05, 4.69) is 26.2 Å². The predicted octanol–water partition coefficient (Wildman–Crippen LogP) is 5.62. The molecular weight excluding hydrogens is 444 g/mol. The number of nitrogens with one attached hydrogen (secondary N) is 1. The highest BCUT2D eigenvalue weighted by molar-refractivity contribution is 9.10. The Morgan fingerprint density at radius 2 is 1.83 bits per heavy atom. The minimum Gasteiger partial charge on any atom is -0.454 e. The molecule has 0 unspecified atom stereocenters. The summed E-state index contributed by atoms with van der Waals surface area (Å²) in [6, 6.07) is 13.9. The number of halogens is 2. The van der Waals surface area contributed by atoms with Crippen molar-refractivity contribution in [2.75, 3.05) is 12.1 Å². The van der Waals surface area contributed by atoms with Gasteiger partial charge in [0.05, 0.1) is 5.69 Å². The van der Waals surface area contributed by atoms with Gasteiger partial charge < -0.3 is 14.8 Å². The van der Waals surface area contributed by atoms with Crippen LogP contribution < -0.4 is 14.8 Å². The molecule has 0 saturated heterocycles. The van der Waals surface area contributed by atoms with E-state index in [4.69, 9.17) is 9.47 Å². The molecule has 118 valence electrons. The first-order valence-corrected chi connectivity index (χ1v) is 8.33. The molecule has 2 heterocycles. The van der Waals surface area contributed by atoms with Gasteiger partial charge in [-0.3, -0.25) is 0 Å². The van der Waals surface area contributed by atoms with Gasteiger partial charge in [0, 0.05) is 27.2 Å². The third-order valence-electron chi connectivity index (χ3n) is 3.27. The van der Waals surface area contributed by atoms with Crippen molar-refractivity contribution in [1.29, 1.82) is 0 Å². The lowest BCUT2D eigenvalue weighted by atomic mass is 10.2. The average molecular weight is 456 g/mol. The van der Waals surface area contributed by atoms with Gasteiger partial charge in [0.25, 0.3) is 0 Å². The highest BCUT2D eigenvalue weighted by atomic mass is 79.9. The third kappa shape index (κ3) is 3.52. The fourth-order valence-corrected chi connectivity index (χ4v) is 3.19. The zero-order valence-electron chi connectivity index (χ0n) is 11.8. The quantitative estimate of drug-likeness (QED) is 0.556. The van der Waals surface area contributed by atoms with E-state index in [1.165, 1.54) is 0 Å². The molecule has 4 rings (SSSR count). The highest BCUT2D eigenvalue weighted by Gasteiger charge is 2.13. The van der Waals surface area contributed by atoms with E-state index in [1.54, 1.807) is 11.3 Å². The number of benzene rings is 2. The van der Waals surface area contributed by atoms with Crippen LogP contribution in [0.25, 0.3) is 11.3 Å². The molecule has 0 spiro atoms. The van der Waals surface area contributed by atoms with Crippen LogP contribution in [0.5, 0.6) is 11.5 Å². The lowest BCUT2D eigenvalue weighted by molar-refractivity contribution is 0.174. The maximum atomic E-state index is 5.38. The second-order valence-corrected chi connectivity index (χ2v) is 6.51. The summed E-state index contributed by atoms with van der Waals surface area (Å²) in [6.45, 7) is 0.282. The van der Waals surface area contributed by atoms with Crippen molar-refractivity contribution in [2.45, 2.75) is 0 Å². The molecule has 0 bridgehead atoms. The van der Waals surface area contributed by atoms with Crippen molar-refractivity contribution < 1.29 is 9.47 Å². The summed E-state index contributed by atoms with van der Waals surface area (Å²) in [6.07, 6.45) is 0. The number of ether oxygens (including phenoxy) is 2. The van der Waals surface area contributed by atoms with E-state index in [9.17, 15) is 0 Å². The maximum Gasteiger partial charge on any atom is 0.231 e. The van der Waals surface area contributed by atoms with Crippen LogP contribution in [-0.4, -0.2) is 11.8 Å². The van der Waals surface area contributed by atoms with E-state index < -0.39 is 0 Å². The number of hydrogen-bond acceptors (Lipinski definition) is 5. The number of hydrogen-bond donors (Lipinski definition) is 1. The number of anilines is 2. The molecule has 4 nitrogen and oxygen atoms in total. The molecular formula is C16H12Br2N2O2S. The van der Waals surface area contributed by atoms with Gasteiger partial charge in [-0.2, -0.15) is 0 Å². The Morgan fingerprint density at radius 1 is 1.04 bits per heavy atom. The monoisotopic (exact) mass is 454 g/mol. The molecule has 1 N–H and O–H groups in total. The minimum atomic E-state index is 0. The molecule has 7 heteroatoms. The van der Waals surface area contributed by atoms with Crippen molar-refractivity contribution in [3.8, 4) is 22.8 Å². The summed E-state index contributed by atoms with van der Waals surface area (Å²) in [4.78, 5) is 4.62. The van der Waals surface area contributed by atoms with Gasteiger partial charge >= 0.3 is 0 Å². The molecule has 23 heavy (non-hydrogen) atoms. The summed E-state index contributed by atoms with van der Waals surface area (Å²) in [5, 5.41) is 6.18. The van der Waals surface area contributed by atoms with E-state index in [0.29, 0.717) is 0 Å². The lowest BCUT2D eigenvalue weighted by Crippen LogP contribution is -1.93. The summed E-state index contributed by atoms with van der Waals surface area (Å²) in [5.74, 6) is 1.54. The number of rotatable bonds is 3. The lowest BCUT2D eigenvalue weighted by Gasteiger charge is -2.03. The second-order valence-electron chi connectivity index (χ2n) is 4.74. The van der Waals surface area contributed by atoms with Crippen molar-refractivity contribution in [3.63, 3.8) is 0 Å². The van der Waals surface area contributed by atoms with Gasteiger partial charge in [-0.1, -0.05) is 28.1 Å². The van der Waals surface area contributed by atoms with Crippen molar-refractivity contribution in [2.24, 2.45) is 0 Å². The molecule has 2 aromatic carbocycles. The summed E-state index contributed by atoms with van der Waals surface area (Å²) in [7, 11) is 0.